The first-order valence-corrected chi connectivity index (χ1v) is 7.09. The van der Waals surface area contributed by atoms with E-state index in [1.807, 2.05) is 36.4 Å². The minimum atomic E-state index is 0.975. The van der Waals surface area contributed by atoms with Crippen molar-refractivity contribution in [2.45, 2.75) is 6.92 Å². The number of hydrogen-bond acceptors (Lipinski definition) is 0. The Morgan fingerprint density at radius 1 is 0.905 bits per heavy atom. The molecule has 0 saturated carbocycles. The molecule has 0 aliphatic heterocycles. The first-order chi connectivity index (χ1) is 10.3. The van der Waals surface area contributed by atoms with Gasteiger partial charge in [0, 0.05) is 0 Å². The van der Waals surface area contributed by atoms with Crippen LogP contribution in [0.25, 0.3) is 11.0 Å². The molecule has 0 radical (unpaired) electrons. The van der Waals surface area contributed by atoms with Gasteiger partial charge in [-0.15, -0.1) is 36.4 Å². The third-order valence-electron chi connectivity index (χ3n) is 3.37. The van der Waals surface area contributed by atoms with Crippen LogP contribution in [-0.4, -0.2) is 0 Å². The Kier molecular flexibility index (Phi) is 3.92. The number of hydrogen-bond donors (Lipinski definition) is 0. The molecule has 0 atom stereocenters. The molecule has 0 N–H and O–H groups in total. The maximum atomic E-state index is 4.86. The monoisotopic (exact) mass is 271 g/mol. The highest BCUT2D eigenvalue weighted by Crippen LogP contribution is 2.35. The Balaban J connectivity index is 1.99. The van der Waals surface area contributed by atoms with Gasteiger partial charge in [-0.05, 0) is 6.92 Å². The molecule has 2 aromatic carbocycles. The van der Waals surface area contributed by atoms with Crippen LogP contribution in [0, 0.1) is 13.3 Å². The van der Waals surface area contributed by atoms with Crippen molar-refractivity contribution in [3.8, 4) is 0 Å². The van der Waals surface area contributed by atoms with E-state index in [4.69, 9.17) is 5.32 Å². The van der Waals surface area contributed by atoms with Gasteiger partial charge in [-0.1, -0.05) is 65.7 Å². The molecule has 1 aliphatic rings. The summed E-state index contributed by atoms with van der Waals surface area (Å²) in [5, 5.41) is 4.86. The van der Waals surface area contributed by atoms with Crippen LogP contribution < -0.4 is 0 Å². The number of allylic oxidation sites excluding steroid dienone is 5. The molecule has 0 amide bonds. The highest BCUT2D eigenvalue weighted by Gasteiger charge is 1.94. The lowest BCUT2D eigenvalue weighted by Crippen LogP contribution is -1.91. The number of nitrogens with zero attached hydrogens (tertiary/aromatic N) is 1. The topological polar surface area (TPSA) is 14.1 Å². The van der Waals surface area contributed by atoms with Gasteiger partial charge in [0.05, 0.1) is 0 Å². The summed E-state index contributed by atoms with van der Waals surface area (Å²) in [7, 11) is 0. The molecular weight excluding hydrogens is 254 g/mol. The maximum absolute atomic E-state index is 4.86. The molecule has 1 aliphatic carbocycles. The smallest absolute Gasteiger partial charge is 0.0398 e. The summed E-state index contributed by atoms with van der Waals surface area (Å²) < 4.78 is 0. The van der Waals surface area contributed by atoms with E-state index in [1.54, 1.807) is 0 Å². The zero-order chi connectivity index (χ0) is 14.5. The zero-order valence-electron chi connectivity index (χ0n) is 12.0. The lowest BCUT2D eigenvalue weighted by Gasteiger charge is -2.35. The molecule has 1 nitrogen and oxygen atoms in total. The van der Waals surface area contributed by atoms with Gasteiger partial charge in [-0.2, -0.15) is 5.57 Å². The largest absolute Gasteiger partial charge is 0.701 e. The Morgan fingerprint density at radius 2 is 1.67 bits per heavy atom. The van der Waals surface area contributed by atoms with Crippen molar-refractivity contribution in [2.75, 3.05) is 0 Å². The van der Waals surface area contributed by atoms with Crippen LogP contribution >= 0.6 is 0 Å². The standard InChI is InChI=1S/C20H17N/c1-16-12-14-19(15-13-16)21-20(17-8-4-2-5-9-17)18-10-6-3-7-11-18/h2-15H,1H3/q-2. The molecule has 0 saturated heterocycles. The minimum absolute atomic E-state index is 0.975. The van der Waals surface area contributed by atoms with Gasteiger partial charge in [0.25, 0.3) is 0 Å². The molecule has 0 unspecified atom stereocenters. The van der Waals surface area contributed by atoms with E-state index in [1.165, 1.54) is 5.56 Å². The summed E-state index contributed by atoms with van der Waals surface area (Å²) in [4.78, 5) is 0. The van der Waals surface area contributed by atoms with Gasteiger partial charge < -0.3 is 5.32 Å². The van der Waals surface area contributed by atoms with Crippen LogP contribution in [0.1, 0.15) is 11.1 Å². The van der Waals surface area contributed by atoms with Gasteiger partial charge in [0.1, 0.15) is 0 Å². The fourth-order valence-electron chi connectivity index (χ4n) is 2.24. The molecule has 21 heavy (non-hydrogen) atoms. The van der Waals surface area contributed by atoms with Gasteiger partial charge in [0.2, 0.25) is 0 Å². The zero-order valence-corrected chi connectivity index (χ0v) is 12.0. The van der Waals surface area contributed by atoms with Crippen molar-refractivity contribution in [1.82, 2.24) is 0 Å². The summed E-state index contributed by atoms with van der Waals surface area (Å²) in [5.41, 5.74) is 5.48. The first-order valence-electron chi connectivity index (χ1n) is 7.09. The number of aryl methyl sites for hydroxylation is 1. The average molecular weight is 271 g/mol. The normalized spacial score (nSPS) is 15.5. The molecule has 0 heterocycles. The molecule has 2 aromatic rings. The second-order valence-corrected chi connectivity index (χ2v) is 5.03. The van der Waals surface area contributed by atoms with E-state index in [0.29, 0.717) is 0 Å². The van der Waals surface area contributed by atoms with Crippen LogP contribution in [0.2, 0.25) is 0 Å². The maximum Gasteiger partial charge on any atom is -0.0398 e. The third-order valence-corrected chi connectivity index (χ3v) is 3.37. The lowest BCUT2D eigenvalue weighted by molar-refractivity contribution is 1.45. The van der Waals surface area contributed by atoms with Crippen molar-refractivity contribution in [3.63, 3.8) is 0 Å². The van der Waals surface area contributed by atoms with Crippen molar-refractivity contribution in [2.24, 2.45) is 0 Å². The van der Waals surface area contributed by atoms with Gasteiger partial charge >= 0.3 is 0 Å². The van der Waals surface area contributed by atoms with Gasteiger partial charge in [-0.25, -0.2) is 5.70 Å². The van der Waals surface area contributed by atoms with Crippen molar-refractivity contribution in [1.29, 1.82) is 0 Å². The van der Waals surface area contributed by atoms with Crippen LogP contribution in [0.5, 0.6) is 0 Å². The van der Waals surface area contributed by atoms with Crippen LogP contribution in [0.3, 0.4) is 0 Å². The fourth-order valence-corrected chi connectivity index (χ4v) is 2.24. The number of rotatable bonds is 3. The summed E-state index contributed by atoms with van der Waals surface area (Å²) in [6.45, 7) is 2.09. The summed E-state index contributed by atoms with van der Waals surface area (Å²) >= 11 is 0. The molecule has 1 heteroatoms. The Bertz CT molecular complexity index is 688. The highest BCUT2D eigenvalue weighted by molar-refractivity contribution is 5.86. The molecule has 0 bridgehead atoms. The molecule has 0 fully saturated rings. The van der Waals surface area contributed by atoms with Crippen LogP contribution in [0.4, 0.5) is 5.69 Å². The predicted molar refractivity (Wildman–Crippen MR) is 90.1 cm³/mol. The quantitative estimate of drug-likeness (QED) is 0.632. The molecule has 104 valence electrons. The summed E-state index contributed by atoms with van der Waals surface area (Å²) in [6.07, 6.45) is 10.3. The fraction of sp³-hybridized carbons (Fsp3) is 0.0500. The number of benzene rings is 2. The van der Waals surface area contributed by atoms with Crippen molar-refractivity contribution >= 4 is 11.4 Å². The second kappa shape index (κ2) is 6.19. The predicted octanol–water partition coefficient (Wildman–Crippen LogP) is 5.74. The second-order valence-electron chi connectivity index (χ2n) is 5.03. The van der Waals surface area contributed by atoms with E-state index in [9.17, 15) is 0 Å². The molecular formula is C20H17N-2. The molecule has 3 rings (SSSR count). The van der Waals surface area contributed by atoms with Crippen LogP contribution in [-0.2, 0) is 0 Å². The van der Waals surface area contributed by atoms with E-state index in [0.717, 1.165) is 22.5 Å². The Hall–Kier alpha value is -2.67. The Labute approximate surface area is 126 Å². The summed E-state index contributed by atoms with van der Waals surface area (Å²) in [5.74, 6) is 0. The van der Waals surface area contributed by atoms with Gasteiger partial charge in [0.15, 0.2) is 0 Å². The first kappa shape index (κ1) is 13.3. The molecule has 0 spiro atoms. The molecule has 0 aromatic heterocycles. The summed E-state index contributed by atoms with van der Waals surface area (Å²) in [6, 6.07) is 18.6. The van der Waals surface area contributed by atoms with Gasteiger partial charge in [-0.3, -0.25) is 0 Å². The third kappa shape index (κ3) is 3.26. The lowest BCUT2D eigenvalue weighted by atomic mass is 10.00. The van der Waals surface area contributed by atoms with E-state index in [2.05, 4.69) is 55.8 Å². The van der Waals surface area contributed by atoms with E-state index >= 15 is 0 Å². The van der Waals surface area contributed by atoms with Crippen molar-refractivity contribution < 1.29 is 0 Å². The SMILES string of the molecule is Cc1ccc([N-]C(=C2C=CC=C[CH-]2)c2ccccc2)cc1. The highest BCUT2D eigenvalue weighted by atomic mass is 14.9. The minimum Gasteiger partial charge on any atom is -0.701 e. The van der Waals surface area contributed by atoms with Crippen molar-refractivity contribution in [3.05, 3.63) is 107 Å². The van der Waals surface area contributed by atoms with E-state index < -0.39 is 0 Å². The van der Waals surface area contributed by atoms with Crippen LogP contribution in [0.15, 0.2) is 84.5 Å². The van der Waals surface area contributed by atoms with E-state index in [-0.39, 0.29) is 0 Å². The average Bonchev–Trinajstić information content (AvgIpc) is 2.56. The Morgan fingerprint density at radius 3 is 2.33 bits per heavy atom.